The van der Waals surface area contributed by atoms with Crippen molar-refractivity contribution in [2.24, 2.45) is 0 Å². The van der Waals surface area contributed by atoms with E-state index in [4.69, 9.17) is 9.47 Å². The molecule has 158 valence electrons. The first-order valence-corrected chi connectivity index (χ1v) is 10.3. The van der Waals surface area contributed by atoms with Gasteiger partial charge in [0.1, 0.15) is 24.1 Å². The number of nitrogens with zero attached hydrogens (tertiary/aromatic N) is 1. The molecule has 1 saturated heterocycles. The molecule has 0 bridgehead atoms. The van der Waals surface area contributed by atoms with Crippen LogP contribution in [0.4, 0.5) is 11.4 Å². The number of nitrogens with one attached hydrogen (secondary N) is 2. The fourth-order valence-corrected chi connectivity index (χ4v) is 4.67. The van der Waals surface area contributed by atoms with E-state index < -0.39 is 0 Å². The number of ether oxygens (including phenoxy) is 2. The van der Waals surface area contributed by atoms with E-state index in [-0.39, 0.29) is 30.4 Å². The first kappa shape index (κ1) is 20.2. The second-order valence-electron chi connectivity index (χ2n) is 7.84. The van der Waals surface area contributed by atoms with Crippen LogP contribution in [0.25, 0.3) is 0 Å². The van der Waals surface area contributed by atoms with Crippen molar-refractivity contribution < 1.29 is 24.0 Å². The quantitative estimate of drug-likeness (QED) is 0.789. The summed E-state index contributed by atoms with van der Waals surface area (Å²) in [7, 11) is 3.29. The summed E-state index contributed by atoms with van der Waals surface area (Å²) in [6.07, 6.45) is 2.01. The number of anilines is 2. The second-order valence-corrected chi connectivity index (χ2v) is 7.84. The Hall–Kier alpha value is -3.06. The number of hydrogen-bond donors (Lipinski definition) is 2. The number of methoxy groups -OCH3 is 2. The first-order chi connectivity index (χ1) is 14.5. The van der Waals surface area contributed by atoms with E-state index in [1.807, 2.05) is 49.4 Å². The van der Waals surface area contributed by atoms with Gasteiger partial charge in [-0.05, 0) is 31.2 Å². The fourth-order valence-electron chi connectivity index (χ4n) is 4.67. The fraction of sp³-hybridized carbons (Fsp3) is 0.391. The van der Waals surface area contributed by atoms with Crippen molar-refractivity contribution in [3.05, 3.63) is 48.0 Å². The minimum absolute atomic E-state index is 0.0355. The highest BCUT2D eigenvalue weighted by Crippen LogP contribution is 2.33. The van der Waals surface area contributed by atoms with Crippen LogP contribution in [-0.2, 0) is 9.59 Å². The Kier molecular flexibility index (Phi) is 5.63. The average molecular weight is 410 g/mol. The monoisotopic (exact) mass is 410 g/mol. The van der Waals surface area contributed by atoms with Crippen molar-refractivity contribution in [2.75, 3.05) is 37.5 Å². The zero-order chi connectivity index (χ0) is 21.3. The summed E-state index contributed by atoms with van der Waals surface area (Å²) < 4.78 is 10.9. The number of likely N-dealkylation sites (tertiary alicyclic amines) is 1. The van der Waals surface area contributed by atoms with Gasteiger partial charge < -0.3 is 19.7 Å². The maximum absolute atomic E-state index is 13.5. The van der Waals surface area contributed by atoms with E-state index in [1.54, 1.807) is 19.1 Å². The third-order valence-corrected chi connectivity index (χ3v) is 6.19. The highest BCUT2D eigenvalue weighted by Gasteiger charge is 2.41. The van der Waals surface area contributed by atoms with Crippen LogP contribution in [-0.4, -0.2) is 45.2 Å². The minimum atomic E-state index is -0.289. The maximum atomic E-state index is 13.5. The van der Waals surface area contributed by atoms with Gasteiger partial charge in [-0.15, -0.1) is 0 Å². The number of quaternary nitrogens is 1. The largest absolute Gasteiger partial charge is 0.497 e. The molecule has 2 aliphatic heterocycles. The number of carbonyl (C=O) groups is 2. The molecule has 2 aromatic carbocycles. The standard InChI is InChI=1S/C23H27N3O4/c1-15(23(28)26-14-22(27)24-18-7-4-5-8-20(18)26)25-12-6-9-19(25)17-11-10-16(29-2)13-21(17)30-3/h4-5,7-8,10-11,13,15,19H,6,9,12,14H2,1-3H3,(H,24,27)/p+1/t15-,19-/m1/s1. The lowest BCUT2D eigenvalue weighted by atomic mass is 10.0. The molecule has 7 nitrogen and oxygen atoms in total. The van der Waals surface area contributed by atoms with Gasteiger partial charge in [0.2, 0.25) is 5.91 Å². The minimum Gasteiger partial charge on any atom is -0.497 e. The maximum Gasteiger partial charge on any atom is 0.285 e. The van der Waals surface area contributed by atoms with Crippen molar-refractivity contribution in [2.45, 2.75) is 31.8 Å². The summed E-state index contributed by atoms with van der Waals surface area (Å²) in [6.45, 7) is 2.90. The number of fused-ring (bicyclic) bond motifs is 1. The van der Waals surface area contributed by atoms with E-state index >= 15 is 0 Å². The summed E-state index contributed by atoms with van der Waals surface area (Å²) in [6, 6.07) is 13.2. The smallest absolute Gasteiger partial charge is 0.285 e. The Morgan fingerprint density at radius 3 is 2.77 bits per heavy atom. The Morgan fingerprint density at radius 1 is 1.20 bits per heavy atom. The predicted octanol–water partition coefficient (Wildman–Crippen LogP) is 1.80. The molecule has 0 aromatic heterocycles. The molecule has 0 aliphatic carbocycles. The van der Waals surface area contributed by atoms with Crippen LogP contribution >= 0.6 is 0 Å². The number of amides is 2. The van der Waals surface area contributed by atoms with Gasteiger partial charge in [0.05, 0.1) is 37.7 Å². The van der Waals surface area contributed by atoms with Crippen molar-refractivity contribution in [3.8, 4) is 11.5 Å². The van der Waals surface area contributed by atoms with Crippen LogP contribution in [0.5, 0.6) is 11.5 Å². The van der Waals surface area contributed by atoms with E-state index in [2.05, 4.69) is 5.32 Å². The molecule has 2 amide bonds. The van der Waals surface area contributed by atoms with E-state index in [0.29, 0.717) is 5.69 Å². The zero-order valence-electron chi connectivity index (χ0n) is 17.6. The Bertz CT molecular complexity index is 961. The molecular weight excluding hydrogens is 382 g/mol. The molecule has 4 rings (SSSR count). The molecule has 2 aliphatic rings. The molecule has 0 spiro atoms. The van der Waals surface area contributed by atoms with Crippen molar-refractivity contribution in [1.82, 2.24) is 0 Å². The van der Waals surface area contributed by atoms with Crippen molar-refractivity contribution in [1.29, 1.82) is 0 Å². The van der Waals surface area contributed by atoms with Gasteiger partial charge >= 0.3 is 0 Å². The normalized spacial score (nSPS) is 21.6. The van der Waals surface area contributed by atoms with Gasteiger partial charge in [0, 0.05) is 18.9 Å². The van der Waals surface area contributed by atoms with Gasteiger partial charge in [-0.25, -0.2) is 0 Å². The van der Waals surface area contributed by atoms with Gasteiger partial charge in [-0.3, -0.25) is 14.5 Å². The molecule has 7 heteroatoms. The average Bonchev–Trinajstić information content (AvgIpc) is 3.26. The zero-order valence-corrected chi connectivity index (χ0v) is 17.6. The Balaban J connectivity index is 1.61. The van der Waals surface area contributed by atoms with E-state index in [1.165, 1.54) is 4.90 Å². The number of para-hydroxylation sites is 2. The third-order valence-electron chi connectivity index (χ3n) is 6.19. The number of hydrogen-bond acceptors (Lipinski definition) is 4. The molecule has 2 aromatic rings. The second kappa shape index (κ2) is 8.36. The van der Waals surface area contributed by atoms with Gasteiger partial charge in [-0.1, -0.05) is 12.1 Å². The molecule has 1 unspecified atom stereocenters. The molecule has 2 N–H and O–H groups in total. The van der Waals surface area contributed by atoms with Crippen molar-refractivity contribution >= 4 is 23.2 Å². The van der Waals surface area contributed by atoms with Crippen LogP contribution < -0.4 is 24.6 Å². The van der Waals surface area contributed by atoms with Crippen LogP contribution in [0.3, 0.4) is 0 Å². The van der Waals surface area contributed by atoms with Crippen LogP contribution in [0, 0.1) is 0 Å². The summed E-state index contributed by atoms with van der Waals surface area (Å²) >= 11 is 0. The number of rotatable bonds is 5. The molecular formula is C23H28N3O4+. The van der Waals surface area contributed by atoms with Crippen LogP contribution in [0.15, 0.2) is 42.5 Å². The summed E-state index contributed by atoms with van der Waals surface area (Å²) in [5.74, 6) is 1.32. The van der Waals surface area contributed by atoms with E-state index in [9.17, 15) is 9.59 Å². The summed E-state index contributed by atoms with van der Waals surface area (Å²) in [5, 5.41) is 2.85. The lowest BCUT2D eigenvalue weighted by Gasteiger charge is -2.34. The molecule has 2 heterocycles. The van der Waals surface area contributed by atoms with E-state index in [0.717, 1.165) is 42.1 Å². The highest BCUT2D eigenvalue weighted by atomic mass is 16.5. The summed E-state index contributed by atoms with van der Waals surface area (Å²) in [4.78, 5) is 28.5. The molecule has 0 radical (unpaired) electrons. The number of benzene rings is 2. The van der Waals surface area contributed by atoms with Gasteiger partial charge in [-0.2, -0.15) is 0 Å². The SMILES string of the molecule is COc1ccc([C@H]2CCC[NH+]2[C@H](C)C(=O)N2CC(=O)Nc3ccccc32)c(OC)c1. The lowest BCUT2D eigenvalue weighted by molar-refractivity contribution is -0.932. The Morgan fingerprint density at radius 2 is 2.00 bits per heavy atom. The molecule has 30 heavy (non-hydrogen) atoms. The first-order valence-electron chi connectivity index (χ1n) is 10.3. The van der Waals surface area contributed by atoms with Crippen LogP contribution in [0.2, 0.25) is 0 Å². The topological polar surface area (TPSA) is 72.3 Å². The lowest BCUT2D eigenvalue weighted by Crippen LogP contribution is -3.15. The highest BCUT2D eigenvalue weighted by molar-refractivity contribution is 6.10. The molecule has 1 fully saturated rings. The van der Waals surface area contributed by atoms with Crippen LogP contribution in [0.1, 0.15) is 31.4 Å². The predicted molar refractivity (Wildman–Crippen MR) is 114 cm³/mol. The van der Waals surface area contributed by atoms with Crippen molar-refractivity contribution in [3.63, 3.8) is 0 Å². The Labute approximate surface area is 176 Å². The third kappa shape index (κ3) is 3.61. The molecule has 3 atom stereocenters. The number of carbonyl (C=O) groups excluding carboxylic acids is 2. The summed E-state index contributed by atoms with van der Waals surface area (Å²) in [5.41, 5.74) is 2.52. The van der Waals surface area contributed by atoms with Gasteiger partial charge in [0.25, 0.3) is 5.91 Å². The van der Waals surface area contributed by atoms with Gasteiger partial charge in [0.15, 0.2) is 6.04 Å². The molecule has 0 saturated carbocycles.